The second-order valence-electron chi connectivity index (χ2n) is 6.79. The molecule has 1 aliphatic rings. The number of rotatable bonds is 4. The number of thiocarbonyl (C=S) groups is 1. The largest absolute Gasteiger partial charge is 0.494 e. The molecule has 1 heterocycles. The molecule has 0 bridgehead atoms. The number of nitrogens with zero attached hydrogens (tertiary/aromatic N) is 1. The van der Waals surface area contributed by atoms with Gasteiger partial charge in [0.1, 0.15) is 5.75 Å². The summed E-state index contributed by atoms with van der Waals surface area (Å²) in [6.45, 7) is 0. The zero-order valence-corrected chi connectivity index (χ0v) is 18.3. The number of amides is 3. The Morgan fingerprint density at radius 1 is 0.969 bits per heavy atom. The van der Waals surface area contributed by atoms with E-state index in [2.05, 4.69) is 10.6 Å². The van der Waals surface area contributed by atoms with Crippen molar-refractivity contribution in [1.29, 1.82) is 0 Å². The fourth-order valence-electron chi connectivity index (χ4n) is 3.29. The lowest BCUT2D eigenvalue weighted by molar-refractivity contribution is 0.0922. The van der Waals surface area contributed by atoms with Crippen molar-refractivity contribution in [2.75, 3.05) is 17.3 Å². The predicted octanol–water partition coefficient (Wildman–Crippen LogP) is 4.28. The molecule has 0 aliphatic carbocycles. The van der Waals surface area contributed by atoms with Crippen LogP contribution in [0.5, 0.6) is 5.75 Å². The Bertz CT molecular complexity index is 1230. The van der Waals surface area contributed by atoms with Crippen LogP contribution in [0.4, 0.5) is 11.4 Å². The predicted molar refractivity (Wildman–Crippen MR) is 126 cm³/mol. The van der Waals surface area contributed by atoms with E-state index in [0.29, 0.717) is 33.1 Å². The van der Waals surface area contributed by atoms with Crippen molar-refractivity contribution >= 4 is 58.0 Å². The highest BCUT2D eigenvalue weighted by atomic mass is 35.5. The van der Waals surface area contributed by atoms with Crippen LogP contribution in [-0.4, -0.2) is 29.9 Å². The Labute approximate surface area is 193 Å². The molecule has 0 unspecified atom stereocenters. The SMILES string of the molecule is COc1cc(NC(=S)NC(=O)c2ccc(Cl)cc2)ccc1N1C(=O)c2ccccc2C1=O. The first-order valence-electron chi connectivity index (χ1n) is 9.43. The van der Waals surface area contributed by atoms with Gasteiger partial charge in [0.05, 0.1) is 23.9 Å². The van der Waals surface area contributed by atoms with Gasteiger partial charge in [-0.3, -0.25) is 19.7 Å². The van der Waals surface area contributed by atoms with Gasteiger partial charge < -0.3 is 10.1 Å². The molecule has 3 amide bonds. The summed E-state index contributed by atoms with van der Waals surface area (Å²) in [4.78, 5) is 38.9. The number of anilines is 2. The number of carbonyl (C=O) groups is 3. The van der Waals surface area contributed by atoms with E-state index in [1.807, 2.05) is 0 Å². The Balaban J connectivity index is 1.51. The van der Waals surface area contributed by atoms with Crippen molar-refractivity contribution < 1.29 is 19.1 Å². The third-order valence-corrected chi connectivity index (χ3v) is 5.26. The number of carbonyl (C=O) groups excluding carboxylic acids is 3. The number of ether oxygens (including phenoxy) is 1. The molecule has 3 aromatic rings. The molecule has 0 atom stereocenters. The lowest BCUT2D eigenvalue weighted by atomic mass is 10.1. The second-order valence-corrected chi connectivity index (χ2v) is 7.64. The van der Waals surface area contributed by atoms with Crippen molar-refractivity contribution in [3.8, 4) is 5.75 Å². The van der Waals surface area contributed by atoms with E-state index < -0.39 is 17.7 Å². The summed E-state index contributed by atoms with van der Waals surface area (Å²) in [6.07, 6.45) is 0. The standard InChI is InChI=1S/C23H16ClN3O4S/c1-31-19-12-15(25-23(32)26-20(28)13-6-8-14(24)9-7-13)10-11-18(19)27-21(29)16-4-2-3-5-17(16)22(27)30/h2-12H,1H3,(H2,25,26,28,32). The number of benzene rings is 3. The van der Waals surface area contributed by atoms with Gasteiger partial charge in [-0.1, -0.05) is 23.7 Å². The van der Waals surface area contributed by atoms with Gasteiger partial charge >= 0.3 is 0 Å². The summed E-state index contributed by atoms with van der Waals surface area (Å²) in [5.74, 6) is -0.948. The summed E-state index contributed by atoms with van der Waals surface area (Å²) in [7, 11) is 1.43. The maximum atomic E-state index is 12.8. The van der Waals surface area contributed by atoms with Crippen LogP contribution in [0.15, 0.2) is 66.7 Å². The highest BCUT2D eigenvalue weighted by molar-refractivity contribution is 7.80. The van der Waals surface area contributed by atoms with Crippen LogP contribution in [0.2, 0.25) is 5.02 Å². The molecular weight excluding hydrogens is 450 g/mol. The molecule has 0 aromatic heterocycles. The van der Waals surface area contributed by atoms with Crippen LogP contribution in [0, 0.1) is 0 Å². The fraction of sp³-hybridized carbons (Fsp3) is 0.0435. The van der Waals surface area contributed by atoms with Crippen molar-refractivity contribution in [2.45, 2.75) is 0 Å². The number of hydrogen-bond donors (Lipinski definition) is 2. The smallest absolute Gasteiger partial charge is 0.266 e. The van der Waals surface area contributed by atoms with Crippen LogP contribution in [0.1, 0.15) is 31.1 Å². The molecule has 9 heteroatoms. The average Bonchev–Trinajstić information content (AvgIpc) is 3.04. The van der Waals surface area contributed by atoms with Crippen molar-refractivity contribution in [3.05, 3.63) is 88.4 Å². The van der Waals surface area contributed by atoms with Crippen LogP contribution in [-0.2, 0) is 0 Å². The van der Waals surface area contributed by atoms with E-state index >= 15 is 0 Å². The number of hydrogen-bond acceptors (Lipinski definition) is 5. The van der Waals surface area contributed by atoms with Gasteiger partial charge in [0.25, 0.3) is 17.7 Å². The van der Waals surface area contributed by atoms with E-state index in [9.17, 15) is 14.4 Å². The summed E-state index contributed by atoms with van der Waals surface area (Å²) in [5.41, 5.74) is 1.89. The van der Waals surface area contributed by atoms with E-state index in [1.165, 1.54) is 7.11 Å². The number of halogens is 1. The number of fused-ring (bicyclic) bond motifs is 1. The molecule has 1 aliphatic heterocycles. The minimum absolute atomic E-state index is 0.0699. The molecule has 2 N–H and O–H groups in total. The van der Waals surface area contributed by atoms with Crippen LogP contribution < -0.4 is 20.3 Å². The average molecular weight is 466 g/mol. The lowest BCUT2D eigenvalue weighted by Crippen LogP contribution is -2.34. The van der Waals surface area contributed by atoms with E-state index in [-0.39, 0.29) is 10.9 Å². The molecule has 0 saturated carbocycles. The molecular formula is C23H16ClN3O4S. The first kappa shape index (κ1) is 21.5. The highest BCUT2D eigenvalue weighted by Gasteiger charge is 2.37. The summed E-state index contributed by atoms with van der Waals surface area (Å²) >= 11 is 11.0. The molecule has 3 aromatic carbocycles. The molecule has 0 fully saturated rings. The topological polar surface area (TPSA) is 87.7 Å². The molecule has 0 spiro atoms. The van der Waals surface area contributed by atoms with E-state index in [4.69, 9.17) is 28.6 Å². The van der Waals surface area contributed by atoms with Crippen LogP contribution in [0.3, 0.4) is 0 Å². The fourth-order valence-corrected chi connectivity index (χ4v) is 3.62. The third kappa shape index (κ3) is 4.05. The first-order valence-corrected chi connectivity index (χ1v) is 10.2. The van der Waals surface area contributed by atoms with Crippen LogP contribution in [0.25, 0.3) is 0 Å². The summed E-state index contributed by atoms with van der Waals surface area (Å²) in [6, 6.07) is 17.8. The maximum absolute atomic E-state index is 12.8. The summed E-state index contributed by atoms with van der Waals surface area (Å²) in [5, 5.41) is 6.06. The Morgan fingerprint density at radius 3 is 2.19 bits per heavy atom. The quantitative estimate of drug-likeness (QED) is 0.442. The Hall–Kier alpha value is -3.75. The zero-order chi connectivity index (χ0) is 22.8. The number of imide groups is 1. The van der Waals surface area contributed by atoms with Gasteiger partial charge in [-0.25, -0.2) is 4.90 Å². The number of nitrogens with one attached hydrogen (secondary N) is 2. The maximum Gasteiger partial charge on any atom is 0.266 e. The van der Waals surface area contributed by atoms with Gasteiger partial charge in [0, 0.05) is 22.3 Å². The van der Waals surface area contributed by atoms with Gasteiger partial charge in [0.2, 0.25) is 0 Å². The minimum atomic E-state index is -0.421. The minimum Gasteiger partial charge on any atom is -0.494 e. The number of methoxy groups -OCH3 is 1. The van der Waals surface area contributed by atoms with Crippen molar-refractivity contribution in [2.24, 2.45) is 0 Å². The van der Waals surface area contributed by atoms with Crippen molar-refractivity contribution in [3.63, 3.8) is 0 Å². The molecule has 160 valence electrons. The lowest BCUT2D eigenvalue weighted by Gasteiger charge is -2.19. The van der Waals surface area contributed by atoms with Crippen LogP contribution >= 0.6 is 23.8 Å². The van der Waals surface area contributed by atoms with E-state index in [0.717, 1.165) is 4.90 Å². The first-order chi connectivity index (χ1) is 15.4. The highest BCUT2D eigenvalue weighted by Crippen LogP contribution is 2.36. The molecule has 4 rings (SSSR count). The normalized spacial score (nSPS) is 12.4. The molecule has 32 heavy (non-hydrogen) atoms. The van der Waals surface area contributed by atoms with Gasteiger partial charge in [-0.15, -0.1) is 0 Å². The monoisotopic (exact) mass is 465 g/mol. The Kier molecular flexibility index (Phi) is 5.89. The Morgan fingerprint density at radius 2 is 1.59 bits per heavy atom. The zero-order valence-electron chi connectivity index (χ0n) is 16.7. The molecule has 0 radical (unpaired) electrons. The molecule has 0 saturated heterocycles. The van der Waals surface area contributed by atoms with Crippen molar-refractivity contribution in [1.82, 2.24) is 5.32 Å². The molecule has 7 nitrogen and oxygen atoms in total. The van der Waals surface area contributed by atoms with E-state index in [1.54, 1.807) is 66.7 Å². The summed E-state index contributed by atoms with van der Waals surface area (Å²) < 4.78 is 5.41. The third-order valence-electron chi connectivity index (χ3n) is 4.81. The van der Waals surface area contributed by atoms with Gasteiger partial charge in [-0.05, 0) is 60.7 Å². The van der Waals surface area contributed by atoms with Gasteiger partial charge in [-0.2, -0.15) is 0 Å². The second kappa shape index (κ2) is 8.78. The van der Waals surface area contributed by atoms with Gasteiger partial charge in [0.15, 0.2) is 5.11 Å².